The lowest BCUT2D eigenvalue weighted by Crippen LogP contribution is -2.49. The molecule has 0 bridgehead atoms. The zero-order valence-corrected chi connectivity index (χ0v) is 16.1. The van der Waals surface area contributed by atoms with Crippen LogP contribution in [-0.2, 0) is 19.1 Å². The summed E-state index contributed by atoms with van der Waals surface area (Å²) in [6, 6.07) is 0. The third-order valence-electron chi connectivity index (χ3n) is 4.55. The molecule has 1 saturated heterocycles. The van der Waals surface area contributed by atoms with Gasteiger partial charge in [-0.25, -0.2) is 9.78 Å². The van der Waals surface area contributed by atoms with Crippen LogP contribution in [0.3, 0.4) is 0 Å². The van der Waals surface area contributed by atoms with Gasteiger partial charge in [-0.15, -0.1) is 6.42 Å². The van der Waals surface area contributed by atoms with Crippen molar-refractivity contribution in [2.45, 2.75) is 30.1 Å². The van der Waals surface area contributed by atoms with Crippen LogP contribution >= 0.6 is 11.6 Å². The number of amides is 1. The number of fused-ring (bicyclic) bond motifs is 1. The topological polar surface area (TPSA) is 195 Å². The molecule has 13 nitrogen and oxygen atoms in total. The number of imidazole rings is 1. The summed E-state index contributed by atoms with van der Waals surface area (Å²) >= 11 is 5.92. The lowest BCUT2D eigenvalue weighted by Gasteiger charge is -2.25. The maximum absolute atomic E-state index is 11.2. The molecule has 2 aromatic rings. The number of hydrogen-bond donors (Lipinski definition) is 5. The number of ether oxygens (including phenoxy) is 2. The molecule has 1 amide bonds. The molecule has 1 aliphatic heterocycles. The Bertz CT molecular complexity index is 1020. The molecular formula is C16H17ClN6O7. The van der Waals surface area contributed by atoms with Gasteiger partial charge in [0.1, 0.15) is 12.2 Å². The molecule has 30 heavy (non-hydrogen) atoms. The quantitative estimate of drug-likeness (QED) is 0.183. The first-order valence-electron chi connectivity index (χ1n) is 8.39. The summed E-state index contributed by atoms with van der Waals surface area (Å²) < 4.78 is 11.9. The molecule has 5 atom stereocenters. The van der Waals surface area contributed by atoms with Crippen molar-refractivity contribution in [2.75, 3.05) is 19.0 Å². The van der Waals surface area contributed by atoms with Gasteiger partial charge < -0.3 is 35.8 Å². The predicted octanol–water partition coefficient (Wildman–Crippen LogP) is -1.90. The number of aliphatic hydroxyl groups excluding tert-OH is 1. The summed E-state index contributed by atoms with van der Waals surface area (Å²) in [7, 11) is 1.60. The van der Waals surface area contributed by atoms with Gasteiger partial charge in [0.05, 0.1) is 12.9 Å². The van der Waals surface area contributed by atoms with E-state index in [1.807, 2.05) is 5.92 Å². The molecule has 1 fully saturated rings. The number of carbonyl (C=O) groups excluding carboxylic acids is 1. The van der Waals surface area contributed by atoms with Gasteiger partial charge in [0.2, 0.25) is 11.4 Å². The first-order valence-corrected chi connectivity index (χ1v) is 8.77. The van der Waals surface area contributed by atoms with Crippen LogP contribution in [0, 0.1) is 12.3 Å². The molecule has 0 saturated carbocycles. The van der Waals surface area contributed by atoms with Crippen LogP contribution in [0.2, 0.25) is 5.28 Å². The van der Waals surface area contributed by atoms with Crippen LogP contribution in [0.5, 0.6) is 0 Å². The molecule has 1 aliphatic rings. The van der Waals surface area contributed by atoms with E-state index >= 15 is 0 Å². The van der Waals surface area contributed by atoms with Gasteiger partial charge in [0.25, 0.3) is 5.91 Å². The third-order valence-corrected chi connectivity index (χ3v) is 4.72. The molecule has 3 heterocycles. The second kappa shape index (κ2) is 8.01. The van der Waals surface area contributed by atoms with Crippen molar-refractivity contribution in [3.63, 3.8) is 0 Å². The summed E-state index contributed by atoms with van der Waals surface area (Å²) in [5, 5.41) is 33.1. The summed E-state index contributed by atoms with van der Waals surface area (Å²) in [4.78, 5) is 34.5. The van der Waals surface area contributed by atoms with Crippen LogP contribution in [0.25, 0.3) is 11.2 Å². The third kappa shape index (κ3) is 3.51. The number of nitrogens with two attached hydrogens (primary N) is 1. The Kier molecular flexibility index (Phi) is 5.79. The molecule has 0 radical (unpaired) electrons. The van der Waals surface area contributed by atoms with E-state index in [0.717, 1.165) is 0 Å². The number of terminal acetylenes is 1. The van der Waals surface area contributed by atoms with Crippen molar-refractivity contribution in [3.05, 3.63) is 11.6 Å². The number of primary amides is 1. The minimum absolute atomic E-state index is 0.112. The minimum Gasteiger partial charge on any atom is -0.479 e. The maximum atomic E-state index is 11.2. The number of aliphatic hydroxyl groups is 2. The van der Waals surface area contributed by atoms with E-state index in [2.05, 4.69) is 20.3 Å². The molecule has 0 spiro atoms. The van der Waals surface area contributed by atoms with Crippen molar-refractivity contribution in [2.24, 2.45) is 5.73 Å². The zero-order chi connectivity index (χ0) is 22.2. The molecule has 3 rings (SSSR count). The maximum Gasteiger partial charge on any atom is 0.342 e. The molecule has 2 aromatic heterocycles. The number of nitrogens with zero attached hydrogens (tertiary/aromatic N) is 4. The highest BCUT2D eigenvalue weighted by atomic mass is 35.5. The van der Waals surface area contributed by atoms with Gasteiger partial charge in [-0.05, 0) is 11.6 Å². The Morgan fingerprint density at radius 2 is 2.27 bits per heavy atom. The first kappa shape index (κ1) is 21.7. The highest BCUT2D eigenvalue weighted by Crippen LogP contribution is 2.39. The van der Waals surface area contributed by atoms with Crippen molar-refractivity contribution >= 4 is 40.5 Å². The van der Waals surface area contributed by atoms with E-state index in [0.29, 0.717) is 11.3 Å². The summed E-state index contributed by atoms with van der Waals surface area (Å²) in [6.45, 7) is -0.654. The Balaban J connectivity index is 1.94. The Morgan fingerprint density at radius 3 is 2.83 bits per heavy atom. The largest absolute Gasteiger partial charge is 0.479 e. The number of anilines is 1. The van der Waals surface area contributed by atoms with E-state index in [4.69, 9.17) is 38.3 Å². The number of aromatic nitrogens is 4. The van der Waals surface area contributed by atoms with Crippen molar-refractivity contribution in [3.8, 4) is 12.3 Å². The number of halogens is 1. The van der Waals surface area contributed by atoms with Gasteiger partial charge in [0.15, 0.2) is 28.8 Å². The number of carbonyl (C=O) groups is 2. The molecule has 0 aliphatic carbocycles. The summed E-state index contributed by atoms with van der Waals surface area (Å²) in [5.74, 6) is -0.545. The first-order chi connectivity index (χ1) is 14.1. The average Bonchev–Trinajstić information content (AvgIpc) is 3.21. The van der Waals surface area contributed by atoms with E-state index < -0.39 is 48.6 Å². The Hall–Kier alpha value is -3.02. The fourth-order valence-corrected chi connectivity index (χ4v) is 3.19. The Labute approximate surface area is 173 Å². The normalized spacial score (nSPS) is 27.0. The number of aliphatic carboxylic acids is 1. The fraction of sp³-hybridized carbons (Fsp3) is 0.438. The van der Waals surface area contributed by atoms with Crippen LogP contribution in [0.1, 0.15) is 6.23 Å². The second-order valence-electron chi connectivity index (χ2n) is 6.30. The summed E-state index contributed by atoms with van der Waals surface area (Å²) in [5.41, 5.74) is 3.17. The molecule has 6 N–H and O–H groups in total. The number of carboxylic acid groups (broad SMARTS) is 1. The van der Waals surface area contributed by atoms with Crippen molar-refractivity contribution in [1.29, 1.82) is 0 Å². The van der Waals surface area contributed by atoms with Crippen LogP contribution in [-0.4, -0.2) is 84.3 Å². The van der Waals surface area contributed by atoms with Crippen LogP contribution < -0.4 is 11.1 Å². The molecule has 1 unspecified atom stereocenters. The van der Waals surface area contributed by atoms with Gasteiger partial charge in [-0.1, -0.05) is 5.92 Å². The number of nitrogens with one attached hydrogen (secondary N) is 1. The number of rotatable bonds is 7. The van der Waals surface area contributed by atoms with Crippen molar-refractivity contribution in [1.82, 2.24) is 19.5 Å². The van der Waals surface area contributed by atoms with Gasteiger partial charge in [-0.2, -0.15) is 9.97 Å². The zero-order valence-electron chi connectivity index (χ0n) is 15.4. The number of carboxylic acids is 1. The molecule has 14 heteroatoms. The highest BCUT2D eigenvalue weighted by molar-refractivity contribution is 6.28. The van der Waals surface area contributed by atoms with Gasteiger partial charge in [0, 0.05) is 7.05 Å². The van der Waals surface area contributed by atoms with Gasteiger partial charge in [-0.3, -0.25) is 9.36 Å². The minimum atomic E-state index is -2.29. The Morgan fingerprint density at radius 1 is 1.57 bits per heavy atom. The summed E-state index contributed by atoms with van der Waals surface area (Å²) in [6.07, 6.45) is 0.259. The highest BCUT2D eigenvalue weighted by Gasteiger charge is 2.56. The molecule has 0 aromatic carbocycles. The molecule has 160 valence electrons. The SMILES string of the molecule is C#C[C@@]1(O)[C@@H](COC(C(N)=O)C(=O)O)O[C@@H](n2cnc3c(NC)nc(Cl)nc32)[C@@H]1O. The fourth-order valence-electron chi connectivity index (χ4n) is 3.03. The lowest BCUT2D eigenvalue weighted by atomic mass is 9.93. The average molecular weight is 441 g/mol. The van der Waals surface area contributed by atoms with E-state index in [1.165, 1.54) is 10.9 Å². The van der Waals surface area contributed by atoms with E-state index in [9.17, 15) is 19.8 Å². The van der Waals surface area contributed by atoms with Gasteiger partial charge >= 0.3 is 5.97 Å². The van der Waals surface area contributed by atoms with Crippen LogP contribution in [0.15, 0.2) is 6.33 Å². The lowest BCUT2D eigenvalue weighted by molar-refractivity contribution is -0.161. The second-order valence-corrected chi connectivity index (χ2v) is 6.64. The van der Waals surface area contributed by atoms with E-state index in [1.54, 1.807) is 7.05 Å². The standard InChI is InChI=1S/C16H17ClN6O7/c1-3-16(28)6(4-29-8(10(18)25)14(26)27)30-13(9(16)24)23-5-20-7-11(19-2)21-15(17)22-12(7)23/h1,5-6,8-9,13,24,28H,4H2,2H3,(H2,18,25)(H,26,27)(H,19,21,22)/t6-,8?,9+,13-,16-/m1/s1. The van der Waals surface area contributed by atoms with Crippen molar-refractivity contribution < 1.29 is 34.4 Å². The van der Waals surface area contributed by atoms with Crippen LogP contribution in [0.4, 0.5) is 5.82 Å². The monoisotopic (exact) mass is 440 g/mol. The number of hydrogen-bond acceptors (Lipinski definition) is 10. The predicted molar refractivity (Wildman–Crippen MR) is 100 cm³/mol. The van der Waals surface area contributed by atoms with E-state index in [-0.39, 0.29) is 10.9 Å². The smallest absolute Gasteiger partial charge is 0.342 e. The molecular weight excluding hydrogens is 424 g/mol.